The van der Waals surface area contributed by atoms with E-state index in [9.17, 15) is 24.6 Å². The predicted octanol–water partition coefficient (Wildman–Crippen LogP) is 1.97. The van der Waals surface area contributed by atoms with Gasteiger partial charge in [-0.2, -0.15) is 5.06 Å². The zero-order chi connectivity index (χ0) is 39.5. The topological polar surface area (TPSA) is 156 Å². The van der Waals surface area contributed by atoms with Crippen molar-refractivity contribution in [2.75, 3.05) is 74.6 Å². The van der Waals surface area contributed by atoms with Crippen LogP contribution < -0.4 is 16.0 Å². The number of carbonyl (C=O) groups is 3. The van der Waals surface area contributed by atoms with Crippen LogP contribution in [-0.4, -0.2) is 148 Å². The van der Waals surface area contributed by atoms with Gasteiger partial charge in [0.1, 0.15) is 12.1 Å². The third-order valence-corrected chi connectivity index (χ3v) is 14.6. The number of amides is 3. The van der Waals surface area contributed by atoms with E-state index < -0.39 is 24.2 Å². The molecular formula is C41H74N6O7. The molecule has 13 heteroatoms. The molecule has 0 aromatic carbocycles. The fourth-order valence-corrected chi connectivity index (χ4v) is 11.3. The van der Waals surface area contributed by atoms with Crippen molar-refractivity contribution in [1.29, 1.82) is 0 Å². The highest BCUT2D eigenvalue weighted by molar-refractivity contribution is 5.83. The molecular weight excluding hydrogens is 688 g/mol. The van der Waals surface area contributed by atoms with E-state index in [1.807, 2.05) is 38.0 Å². The van der Waals surface area contributed by atoms with E-state index in [-0.39, 0.29) is 66.1 Å². The van der Waals surface area contributed by atoms with Crippen molar-refractivity contribution in [2.45, 2.75) is 109 Å². The third-order valence-electron chi connectivity index (χ3n) is 14.6. The summed E-state index contributed by atoms with van der Waals surface area (Å²) in [6.07, 6.45) is 5.14. The molecule has 54 heavy (non-hydrogen) atoms. The third kappa shape index (κ3) is 9.62. The summed E-state index contributed by atoms with van der Waals surface area (Å²) in [5.74, 6) is 0.532. The van der Waals surface area contributed by atoms with Crippen LogP contribution in [0.4, 0.5) is 0 Å². The first kappa shape index (κ1) is 43.3. The zero-order valence-electron chi connectivity index (χ0n) is 34.8. The number of rotatable bonds is 16. The van der Waals surface area contributed by atoms with Crippen LogP contribution in [0.3, 0.4) is 0 Å². The van der Waals surface area contributed by atoms with Crippen molar-refractivity contribution < 1.29 is 34.2 Å². The van der Waals surface area contributed by atoms with Crippen molar-refractivity contribution in [3.8, 4) is 0 Å². The van der Waals surface area contributed by atoms with Crippen LogP contribution in [0.25, 0.3) is 0 Å². The molecule has 5 aliphatic carbocycles. The van der Waals surface area contributed by atoms with Gasteiger partial charge in [-0.05, 0) is 115 Å². The van der Waals surface area contributed by atoms with Gasteiger partial charge in [-0.3, -0.25) is 19.2 Å². The average Bonchev–Trinajstić information content (AvgIpc) is 3.50. The summed E-state index contributed by atoms with van der Waals surface area (Å²) in [7, 11) is 9.68. The van der Waals surface area contributed by atoms with Crippen LogP contribution in [0.2, 0.25) is 0 Å². The van der Waals surface area contributed by atoms with Gasteiger partial charge in [0.2, 0.25) is 17.7 Å². The fraction of sp³-hybridized carbons (Fsp3) is 0.927. The highest BCUT2D eigenvalue weighted by Gasteiger charge is 2.58. The largest absolute Gasteiger partial charge is 0.394 e. The SMILES string of the molecule is COC1C(CN2O[C@@H](CO)[C@H]([C@H](C)O)[C@H]2C(=O)N[C@H]2C[C@H]3C[C@@H]([C@@H]2C)C3(C)C)CCCC1C1CC(C(=O)NCCN(C)C)CC(C(=O)NCCN(C)C)C1. The van der Waals surface area contributed by atoms with Gasteiger partial charge in [0.15, 0.2) is 0 Å². The van der Waals surface area contributed by atoms with E-state index in [0.29, 0.717) is 62.1 Å². The smallest absolute Gasteiger partial charge is 0.240 e. The van der Waals surface area contributed by atoms with E-state index in [1.54, 1.807) is 19.1 Å². The molecule has 1 aliphatic heterocycles. The number of nitrogens with one attached hydrogen (secondary N) is 3. The monoisotopic (exact) mass is 763 g/mol. The molecule has 6 aliphatic rings. The van der Waals surface area contributed by atoms with E-state index in [1.165, 1.54) is 6.42 Å². The molecule has 2 bridgehead atoms. The predicted molar refractivity (Wildman–Crippen MR) is 208 cm³/mol. The lowest BCUT2D eigenvalue weighted by atomic mass is 9.45. The molecule has 0 aromatic heterocycles. The molecule has 13 nitrogen and oxygen atoms in total. The number of nitrogens with zero attached hydrogens (tertiary/aromatic N) is 3. The maximum absolute atomic E-state index is 14.3. The number of hydroxylamine groups is 2. The lowest BCUT2D eigenvalue weighted by Gasteiger charge is -2.62. The molecule has 0 spiro atoms. The molecule has 5 saturated carbocycles. The van der Waals surface area contributed by atoms with Crippen molar-refractivity contribution in [1.82, 2.24) is 30.8 Å². The van der Waals surface area contributed by atoms with Crippen LogP contribution in [0, 0.1) is 58.7 Å². The number of hydrogen-bond donors (Lipinski definition) is 5. The quantitative estimate of drug-likeness (QED) is 0.158. The second-order valence-electron chi connectivity index (χ2n) is 18.9. The number of fused-ring (bicyclic) bond motifs is 2. The summed E-state index contributed by atoms with van der Waals surface area (Å²) >= 11 is 0. The highest BCUT2D eigenvalue weighted by atomic mass is 16.7. The van der Waals surface area contributed by atoms with Crippen LogP contribution >= 0.6 is 0 Å². The Morgan fingerprint density at radius 3 is 2.04 bits per heavy atom. The first-order valence-electron chi connectivity index (χ1n) is 21.0. The van der Waals surface area contributed by atoms with Crippen LogP contribution in [0.15, 0.2) is 0 Å². The number of likely N-dealkylation sites (N-methyl/N-ethyl adjacent to an activating group) is 2. The number of hydrogen-bond acceptors (Lipinski definition) is 10. The number of methoxy groups -OCH3 is 1. The normalized spacial score (nSPS) is 38.5. The van der Waals surface area contributed by atoms with Gasteiger partial charge in [-0.25, -0.2) is 0 Å². The minimum atomic E-state index is -0.861. The maximum atomic E-state index is 14.3. The molecule has 5 unspecified atom stereocenters. The minimum absolute atomic E-state index is 0.0138. The summed E-state index contributed by atoms with van der Waals surface area (Å²) in [5, 5.41) is 32.8. The van der Waals surface area contributed by atoms with Gasteiger partial charge in [0, 0.05) is 69.5 Å². The summed E-state index contributed by atoms with van der Waals surface area (Å²) < 4.78 is 6.36. The molecule has 0 aromatic rings. The Morgan fingerprint density at radius 2 is 1.54 bits per heavy atom. The summed E-state index contributed by atoms with van der Waals surface area (Å²) in [6, 6.07) is -0.684. The van der Waals surface area contributed by atoms with Gasteiger partial charge < -0.3 is 40.7 Å². The molecule has 0 radical (unpaired) electrons. The second-order valence-corrected chi connectivity index (χ2v) is 18.9. The van der Waals surface area contributed by atoms with E-state index >= 15 is 0 Å². The molecule has 1 saturated heterocycles. The lowest BCUT2D eigenvalue weighted by molar-refractivity contribution is -0.193. The number of aliphatic hydroxyl groups excluding tert-OH is 2. The van der Waals surface area contributed by atoms with Crippen molar-refractivity contribution in [3.63, 3.8) is 0 Å². The van der Waals surface area contributed by atoms with Crippen molar-refractivity contribution in [2.24, 2.45) is 58.7 Å². The van der Waals surface area contributed by atoms with E-state index in [0.717, 1.165) is 38.8 Å². The minimum Gasteiger partial charge on any atom is -0.394 e. The van der Waals surface area contributed by atoms with E-state index in [2.05, 4.69) is 36.7 Å². The number of carbonyl (C=O) groups excluding carboxylic acids is 3. The van der Waals surface area contributed by atoms with Crippen molar-refractivity contribution >= 4 is 17.7 Å². The average molecular weight is 763 g/mol. The van der Waals surface area contributed by atoms with Gasteiger partial charge in [-0.1, -0.05) is 27.2 Å². The van der Waals surface area contributed by atoms with Gasteiger partial charge in [0.05, 0.1) is 18.8 Å². The maximum Gasteiger partial charge on any atom is 0.240 e. The van der Waals surface area contributed by atoms with Gasteiger partial charge >= 0.3 is 0 Å². The Hall–Kier alpha value is -1.87. The molecule has 1 heterocycles. The molecule has 310 valence electrons. The summed E-state index contributed by atoms with van der Waals surface area (Å²) in [6.45, 7) is 11.4. The molecule has 3 amide bonds. The Morgan fingerprint density at radius 1 is 0.926 bits per heavy atom. The number of ether oxygens (including phenoxy) is 1. The standard InChI is InChI=1S/C41H74N6O7/c1-24-32-20-30(41(32,3)4)21-33(24)44-40(52)36-35(25(2)49)34(23-48)54-47(36)22-26-11-10-12-31(37(26)53-9)27-17-28(38(50)42-13-15-45(5)6)19-29(18-27)39(51)43-14-16-46(7)8/h24-37,48-49H,10-23H2,1-9H3,(H,42,50)(H,43,51)(H,44,52)/t24-,25-,26?,27?,28?,29?,30+,31?,32-,33-,34-,35-,36-,37?/m0/s1. The summed E-state index contributed by atoms with van der Waals surface area (Å²) in [5.41, 5.74) is 0.296. The Kier molecular flexibility index (Phi) is 14.9. The molecule has 6 fully saturated rings. The van der Waals surface area contributed by atoms with Crippen LogP contribution in [-0.2, 0) is 24.0 Å². The van der Waals surface area contributed by atoms with Gasteiger partial charge in [-0.15, -0.1) is 0 Å². The first-order chi connectivity index (χ1) is 25.6. The molecule has 6 rings (SSSR count). The second kappa shape index (κ2) is 18.6. The Bertz CT molecular complexity index is 1230. The lowest BCUT2D eigenvalue weighted by Crippen LogP contribution is -2.62. The Labute approximate surface area is 324 Å². The van der Waals surface area contributed by atoms with Crippen LogP contribution in [0.1, 0.15) is 79.1 Å². The van der Waals surface area contributed by atoms with Gasteiger partial charge in [0.25, 0.3) is 0 Å². The molecule has 13 atom stereocenters. The fourth-order valence-electron chi connectivity index (χ4n) is 11.3. The van der Waals surface area contributed by atoms with Crippen LogP contribution in [0.5, 0.6) is 0 Å². The molecule has 5 N–H and O–H groups in total. The number of aliphatic hydroxyl groups is 2. The highest BCUT2D eigenvalue weighted by Crippen LogP contribution is 2.61. The van der Waals surface area contributed by atoms with E-state index in [4.69, 9.17) is 9.57 Å². The Balaban J connectivity index is 1.32. The first-order valence-corrected chi connectivity index (χ1v) is 21.0. The van der Waals surface area contributed by atoms with Crippen molar-refractivity contribution in [3.05, 3.63) is 0 Å². The summed E-state index contributed by atoms with van der Waals surface area (Å²) in [4.78, 5) is 51.9. The zero-order valence-corrected chi connectivity index (χ0v) is 34.8.